The zero-order valence-corrected chi connectivity index (χ0v) is 23.3. The van der Waals surface area contributed by atoms with Crippen molar-refractivity contribution >= 4 is 23.9 Å². The van der Waals surface area contributed by atoms with Gasteiger partial charge in [0.25, 0.3) is 0 Å². The fourth-order valence-corrected chi connectivity index (χ4v) is 4.72. The van der Waals surface area contributed by atoms with Gasteiger partial charge >= 0.3 is 23.9 Å². The number of benzene rings is 5. The van der Waals surface area contributed by atoms with Crippen LogP contribution in [0, 0.1) is 0 Å². The largest absolute Gasteiger partial charge is 0.478 e. The molecule has 218 valence electrons. The molecule has 5 rings (SSSR count). The third-order valence-corrected chi connectivity index (χ3v) is 6.92. The quantitative estimate of drug-likeness (QED) is 0.166. The lowest BCUT2D eigenvalue weighted by Gasteiger charge is -2.16. The smallest absolute Gasteiger partial charge is 0.338 e. The summed E-state index contributed by atoms with van der Waals surface area (Å²) in [6, 6.07) is 33.3. The van der Waals surface area contributed by atoms with Gasteiger partial charge in [-0.05, 0) is 58.1 Å². The van der Waals surface area contributed by atoms with Crippen molar-refractivity contribution in [1.82, 2.24) is 0 Å². The van der Waals surface area contributed by atoms with Crippen molar-refractivity contribution in [3.8, 4) is 22.3 Å². The SMILES string of the molecule is O=C(OCc1ccccc1)c1ccc(-c2ccc(C(=O)O)c(-c3ccc(C(=O)OCc4ccccc4)cc3)c2C(=O)O)cc1. The molecule has 0 unspecified atom stereocenters. The molecule has 0 atom stereocenters. The zero-order valence-electron chi connectivity index (χ0n) is 23.3. The molecule has 44 heavy (non-hydrogen) atoms. The summed E-state index contributed by atoms with van der Waals surface area (Å²) in [4.78, 5) is 50.0. The Morgan fingerprint density at radius 3 is 1.39 bits per heavy atom. The maximum atomic E-state index is 12.6. The minimum absolute atomic E-state index is 0.0157. The molecule has 2 N–H and O–H groups in total. The highest BCUT2D eigenvalue weighted by molar-refractivity contribution is 6.09. The number of aromatic carboxylic acids is 2. The van der Waals surface area contributed by atoms with Gasteiger partial charge in [-0.1, -0.05) is 91.0 Å². The van der Waals surface area contributed by atoms with Crippen molar-refractivity contribution in [2.75, 3.05) is 0 Å². The van der Waals surface area contributed by atoms with E-state index in [0.29, 0.717) is 11.1 Å². The maximum absolute atomic E-state index is 12.6. The Bertz CT molecular complexity index is 1810. The normalized spacial score (nSPS) is 10.5. The van der Waals surface area contributed by atoms with Crippen LogP contribution in [0.3, 0.4) is 0 Å². The topological polar surface area (TPSA) is 127 Å². The van der Waals surface area contributed by atoms with E-state index in [1.807, 2.05) is 60.7 Å². The van der Waals surface area contributed by atoms with E-state index < -0.39 is 23.9 Å². The van der Waals surface area contributed by atoms with Crippen molar-refractivity contribution in [3.05, 3.63) is 155 Å². The molecule has 0 heterocycles. The minimum atomic E-state index is -1.34. The molecule has 0 aliphatic heterocycles. The first-order valence-electron chi connectivity index (χ1n) is 13.6. The van der Waals surface area contributed by atoms with Crippen molar-refractivity contribution in [2.24, 2.45) is 0 Å². The van der Waals surface area contributed by atoms with Gasteiger partial charge < -0.3 is 19.7 Å². The summed E-state index contributed by atoms with van der Waals surface area (Å²) in [5.74, 6) is -3.76. The Balaban J connectivity index is 1.42. The molecule has 0 saturated heterocycles. The average molecular weight is 587 g/mol. The third kappa shape index (κ3) is 6.71. The predicted molar refractivity (Wildman–Crippen MR) is 162 cm³/mol. The minimum Gasteiger partial charge on any atom is -0.478 e. The monoisotopic (exact) mass is 586 g/mol. The summed E-state index contributed by atoms with van der Waals surface area (Å²) >= 11 is 0. The highest BCUT2D eigenvalue weighted by Crippen LogP contribution is 2.36. The van der Waals surface area contributed by atoms with Crippen LogP contribution in [0.5, 0.6) is 0 Å². The Labute approximate surface area is 252 Å². The van der Waals surface area contributed by atoms with Crippen LogP contribution >= 0.6 is 0 Å². The van der Waals surface area contributed by atoms with Crippen molar-refractivity contribution in [1.29, 1.82) is 0 Å². The Morgan fingerprint density at radius 1 is 0.500 bits per heavy atom. The Kier molecular flexibility index (Phi) is 8.91. The van der Waals surface area contributed by atoms with Gasteiger partial charge in [0.1, 0.15) is 13.2 Å². The first kappa shape index (κ1) is 29.5. The first-order chi connectivity index (χ1) is 21.3. The van der Waals surface area contributed by atoms with Gasteiger partial charge in [-0.15, -0.1) is 0 Å². The van der Waals surface area contributed by atoms with Gasteiger partial charge in [0.2, 0.25) is 0 Å². The van der Waals surface area contributed by atoms with Gasteiger partial charge in [-0.2, -0.15) is 0 Å². The van der Waals surface area contributed by atoms with Crippen LogP contribution in [0.25, 0.3) is 22.3 Å². The maximum Gasteiger partial charge on any atom is 0.338 e. The molecule has 0 spiro atoms. The molecule has 8 nitrogen and oxygen atoms in total. The first-order valence-corrected chi connectivity index (χ1v) is 13.6. The molecular formula is C36H26O8. The molecule has 0 fully saturated rings. The second-order valence-electron chi connectivity index (χ2n) is 9.80. The van der Waals surface area contributed by atoms with E-state index in [1.54, 1.807) is 12.1 Å². The number of ether oxygens (including phenoxy) is 2. The zero-order chi connectivity index (χ0) is 31.1. The molecule has 0 radical (unpaired) electrons. The molecule has 0 aliphatic rings. The van der Waals surface area contributed by atoms with Crippen molar-refractivity contribution in [2.45, 2.75) is 13.2 Å². The summed E-state index contributed by atoms with van der Waals surface area (Å²) in [7, 11) is 0. The molecule has 8 heteroatoms. The molecule has 0 amide bonds. The highest BCUT2D eigenvalue weighted by Gasteiger charge is 2.25. The second kappa shape index (κ2) is 13.3. The number of carboxylic acids is 2. The number of carbonyl (C=O) groups excluding carboxylic acids is 2. The fraction of sp³-hybridized carbons (Fsp3) is 0.0556. The highest BCUT2D eigenvalue weighted by atomic mass is 16.5. The van der Waals surface area contributed by atoms with E-state index in [4.69, 9.17) is 9.47 Å². The van der Waals surface area contributed by atoms with E-state index in [0.717, 1.165) is 11.1 Å². The van der Waals surface area contributed by atoms with Gasteiger partial charge in [0, 0.05) is 5.56 Å². The predicted octanol–water partition coefficient (Wildman–Crippen LogP) is 7.13. The number of esters is 2. The van der Waals surface area contributed by atoms with Crippen molar-refractivity contribution < 1.29 is 38.9 Å². The lowest BCUT2D eigenvalue weighted by atomic mass is 9.87. The van der Waals surface area contributed by atoms with E-state index in [2.05, 4.69) is 0 Å². The van der Waals surface area contributed by atoms with Crippen molar-refractivity contribution in [3.63, 3.8) is 0 Å². The van der Waals surface area contributed by atoms with Crippen LogP contribution in [0.4, 0.5) is 0 Å². The molecule has 0 saturated carbocycles. The lowest BCUT2D eigenvalue weighted by Crippen LogP contribution is -2.10. The molecule has 0 bridgehead atoms. The number of carboxylic acid groups (broad SMARTS) is 2. The summed E-state index contributed by atoms with van der Waals surface area (Å²) in [5.41, 5.74) is 2.71. The van der Waals surface area contributed by atoms with Gasteiger partial charge in [0.15, 0.2) is 0 Å². The van der Waals surface area contributed by atoms with E-state index >= 15 is 0 Å². The fourth-order valence-electron chi connectivity index (χ4n) is 4.72. The van der Waals surface area contributed by atoms with Crippen LogP contribution in [0.1, 0.15) is 52.6 Å². The van der Waals surface area contributed by atoms with Crippen LogP contribution in [0.2, 0.25) is 0 Å². The van der Waals surface area contributed by atoms with Gasteiger partial charge in [-0.25, -0.2) is 19.2 Å². The molecule has 0 aromatic heterocycles. The summed E-state index contributed by atoms with van der Waals surface area (Å²) in [6.07, 6.45) is 0. The van der Waals surface area contributed by atoms with Gasteiger partial charge in [0.05, 0.1) is 22.3 Å². The molecule has 5 aromatic rings. The average Bonchev–Trinajstić information content (AvgIpc) is 3.06. The number of hydrogen-bond acceptors (Lipinski definition) is 6. The molecule has 0 aliphatic carbocycles. The molecular weight excluding hydrogens is 560 g/mol. The van der Waals surface area contributed by atoms with Crippen LogP contribution in [0.15, 0.2) is 121 Å². The Hall–Kier alpha value is -6.02. The number of rotatable bonds is 10. The van der Waals surface area contributed by atoms with E-state index in [9.17, 15) is 29.4 Å². The summed E-state index contributed by atoms with van der Waals surface area (Å²) < 4.78 is 10.7. The molecule has 5 aromatic carbocycles. The summed E-state index contributed by atoms with van der Waals surface area (Å²) in [5, 5.41) is 20.2. The van der Waals surface area contributed by atoms with E-state index in [1.165, 1.54) is 48.5 Å². The van der Waals surface area contributed by atoms with Crippen LogP contribution in [-0.4, -0.2) is 34.1 Å². The van der Waals surface area contributed by atoms with E-state index in [-0.39, 0.29) is 46.6 Å². The standard InChI is InChI=1S/C36H26O8/c37-33(38)30-20-19-29(25-11-15-27(16-12-25)35(41)43-21-23-7-3-1-4-8-23)32(34(39)40)31(30)26-13-17-28(18-14-26)36(42)44-22-24-9-5-2-6-10-24/h1-20H,21-22H2,(H,37,38)(H,39,40). The summed E-state index contributed by atoms with van der Waals surface area (Å²) in [6.45, 7) is 0.188. The Morgan fingerprint density at radius 2 is 0.955 bits per heavy atom. The number of hydrogen-bond donors (Lipinski definition) is 2. The van der Waals surface area contributed by atoms with Crippen LogP contribution < -0.4 is 0 Å². The third-order valence-electron chi connectivity index (χ3n) is 6.92. The number of carbonyl (C=O) groups is 4. The lowest BCUT2D eigenvalue weighted by molar-refractivity contribution is 0.0464. The van der Waals surface area contributed by atoms with Gasteiger partial charge in [-0.3, -0.25) is 0 Å². The van der Waals surface area contributed by atoms with Crippen LogP contribution in [-0.2, 0) is 22.7 Å². The second-order valence-corrected chi connectivity index (χ2v) is 9.80.